The quantitative estimate of drug-likeness (QED) is 0.842. The zero-order valence-corrected chi connectivity index (χ0v) is 11.5. The molecule has 0 saturated heterocycles. The number of rotatable bonds is 3. The first-order valence-corrected chi connectivity index (χ1v) is 6.43. The second-order valence-electron chi connectivity index (χ2n) is 3.85. The van der Waals surface area contributed by atoms with Crippen molar-refractivity contribution in [3.63, 3.8) is 0 Å². The van der Waals surface area contributed by atoms with Gasteiger partial charge in [-0.1, -0.05) is 34.1 Å². The Morgan fingerprint density at radius 3 is 2.47 bits per heavy atom. The van der Waals surface area contributed by atoms with E-state index in [1.165, 1.54) is 18.2 Å². The van der Waals surface area contributed by atoms with Crippen LogP contribution in [0, 0.1) is 5.82 Å². The van der Waals surface area contributed by atoms with Crippen molar-refractivity contribution in [1.29, 1.82) is 0 Å². The average Bonchev–Trinajstić information content (AvgIpc) is 2.40. The van der Waals surface area contributed by atoms with Gasteiger partial charge in [-0.3, -0.25) is 4.79 Å². The van der Waals surface area contributed by atoms with Crippen molar-refractivity contribution in [3.8, 4) is 0 Å². The monoisotopic (exact) mass is 319 g/mol. The van der Waals surface area contributed by atoms with Gasteiger partial charge in [0.15, 0.2) is 0 Å². The molecule has 19 heavy (non-hydrogen) atoms. The highest BCUT2D eigenvalue weighted by molar-refractivity contribution is 9.10. The van der Waals surface area contributed by atoms with Gasteiger partial charge in [0, 0.05) is 21.8 Å². The first kappa shape index (κ1) is 13.5. The summed E-state index contributed by atoms with van der Waals surface area (Å²) < 4.78 is 14.3. The van der Waals surface area contributed by atoms with Crippen LogP contribution in [0.3, 0.4) is 0 Å². The highest BCUT2D eigenvalue weighted by Crippen LogP contribution is 2.14. The van der Waals surface area contributed by atoms with E-state index in [9.17, 15) is 9.18 Å². The molecule has 96 valence electrons. The fourth-order valence-electron chi connectivity index (χ4n) is 1.49. The standard InChI is InChI=1S/C15H11BrFNO/c16-12-6-8-13(9-7-12)18-15(19)10-5-11-3-1-2-4-14(11)17/h1-10H,(H,18,19)/b10-5+. The molecular formula is C15H11BrFNO. The maximum absolute atomic E-state index is 13.3. The van der Waals surface area contributed by atoms with Gasteiger partial charge in [-0.05, 0) is 36.4 Å². The number of hydrogen-bond acceptors (Lipinski definition) is 1. The van der Waals surface area contributed by atoms with Crippen molar-refractivity contribution in [2.75, 3.05) is 5.32 Å². The normalized spacial score (nSPS) is 10.6. The summed E-state index contributed by atoms with van der Waals surface area (Å²) in [4.78, 5) is 11.6. The van der Waals surface area contributed by atoms with Crippen LogP contribution in [-0.4, -0.2) is 5.91 Å². The molecule has 0 heterocycles. The van der Waals surface area contributed by atoms with E-state index in [4.69, 9.17) is 0 Å². The zero-order valence-electron chi connectivity index (χ0n) is 9.94. The number of halogens is 2. The molecule has 0 saturated carbocycles. The van der Waals surface area contributed by atoms with E-state index in [1.54, 1.807) is 30.3 Å². The van der Waals surface area contributed by atoms with Crippen LogP contribution in [0.25, 0.3) is 6.08 Å². The summed E-state index contributed by atoms with van der Waals surface area (Å²) in [6.45, 7) is 0. The molecule has 0 radical (unpaired) electrons. The predicted octanol–water partition coefficient (Wildman–Crippen LogP) is 4.24. The van der Waals surface area contributed by atoms with E-state index in [-0.39, 0.29) is 11.7 Å². The number of anilines is 1. The third-order valence-corrected chi connectivity index (χ3v) is 2.96. The predicted molar refractivity (Wildman–Crippen MR) is 78.2 cm³/mol. The maximum Gasteiger partial charge on any atom is 0.248 e. The Hall–Kier alpha value is -1.94. The molecular weight excluding hydrogens is 309 g/mol. The number of carbonyl (C=O) groups is 1. The van der Waals surface area contributed by atoms with Crippen molar-refractivity contribution >= 4 is 33.6 Å². The molecule has 0 unspecified atom stereocenters. The Morgan fingerprint density at radius 1 is 1.11 bits per heavy atom. The molecule has 0 aromatic heterocycles. The van der Waals surface area contributed by atoms with Gasteiger partial charge in [-0.25, -0.2) is 4.39 Å². The Balaban J connectivity index is 2.02. The summed E-state index contributed by atoms with van der Waals surface area (Å²) >= 11 is 3.31. The third kappa shape index (κ3) is 4.03. The summed E-state index contributed by atoms with van der Waals surface area (Å²) in [5.74, 6) is -0.652. The first-order valence-electron chi connectivity index (χ1n) is 5.64. The highest BCUT2D eigenvalue weighted by atomic mass is 79.9. The van der Waals surface area contributed by atoms with E-state index in [0.29, 0.717) is 11.3 Å². The number of nitrogens with one attached hydrogen (secondary N) is 1. The minimum atomic E-state index is -0.352. The molecule has 0 aliphatic rings. The molecule has 1 amide bonds. The first-order chi connectivity index (χ1) is 9.15. The number of amides is 1. The lowest BCUT2D eigenvalue weighted by Crippen LogP contribution is -2.07. The van der Waals surface area contributed by atoms with Crippen molar-refractivity contribution in [2.24, 2.45) is 0 Å². The van der Waals surface area contributed by atoms with Crippen LogP contribution in [0.4, 0.5) is 10.1 Å². The van der Waals surface area contributed by atoms with Crippen molar-refractivity contribution < 1.29 is 9.18 Å². The van der Waals surface area contributed by atoms with E-state index in [1.807, 2.05) is 12.1 Å². The second-order valence-corrected chi connectivity index (χ2v) is 4.77. The van der Waals surface area contributed by atoms with Crippen LogP contribution in [0.15, 0.2) is 59.1 Å². The van der Waals surface area contributed by atoms with Crippen molar-refractivity contribution in [1.82, 2.24) is 0 Å². The Morgan fingerprint density at radius 2 is 1.79 bits per heavy atom. The molecule has 2 nitrogen and oxygen atoms in total. The summed E-state index contributed by atoms with van der Waals surface area (Å²) in [6.07, 6.45) is 2.75. The summed E-state index contributed by atoms with van der Waals surface area (Å²) in [7, 11) is 0. The third-order valence-electron chi connectivity index (χ3n) is 2.43. The number of hydrogen-bond donors (Lipinski definition) is 1. The topological polar surface area (TPSA) is 29.1 Å². The second kappa shape index (κ2) is 6.29. The lowest BCUT2D eigenvalue weighted by molar-refractivity contribution is -0.111. The maximum atomic E-state index is 13.3. The Bertz CT molecular complexity index is 608. The molecule has 0 aliphatic carbocycles. The summed E-state index contributed by atoms with van der Waals surface area (Å²) in [5, 5.41) is 2.69. The van der Waals surface area contributed by atoms with Gasteiger partial charge in [-0.2, -0.15) is 0 Å². The van der Waals surface area contributed by atoms with Gasteiger partial charge in [0.2, 0.25) is 5.91 Å². The van der Waals surface area contributed by atoms with Crippen molar-refractivity contribution in [2.45, 2.75) is 0 Å². The number of carbonyl (C=O) groups excluding carboxylic acids is 1. The van der Waals surface area contributed by atoms with Gasteiger partial charge < -0.3 is 5.32 Å². The zero-order chi connectivity index (χ0) is 13.7. The van der Waals surface area contributed by atoms with E-state index in [0.717, 1.165) is 4.47 Å². The van der Waals surface area contributed by atoms with Crippen molar-refractivity contribution in [3.05, 3.63) is 70.5 Å². The van der Waals surface area contributed by atoms with Crippen LogP contribution < -0.4 is 5.32 Å². The fraction of sp³-hybridized carbons (Fsp3) is 0. The fourth-order valence-corrected chi connectivity index (χ4v) is 1.76. The molecule has 1 N–H and O–H groups in total. The van der Waals surface area contributed by atoms with Crippen LogP contribution in [0.2, 0.25) is 0 Å². The molecule has 0 spiro atoms. The highest BCUT2D eigenvalue weighted by Gasteiger charge is 1.99. The molecule has 2 aromatic carbocycles. The molecule has 0 atom stereocenters. The largest absolute Gasteiger partial charge is 0.323 e. The van der Waals surface area contributed by atoms with E-state index in [2.05, 4.69) is 21.2 Å². The molecule has 0 bridgehead atoms. The smallest absolute Gasteiger partial charge is 0.248 e. The minimum absolute atomic E-state index is 0.300. The number of benzene rings is 2. The Kier molecular flexibility index (Phi) is 4.47. The van der Waals surface area contributed by atoms with Crippen LogP contribution in [0.1, 0.15) is 5.56 Å². The van der Waals surface area contributed by atoms with Crippen LogP contribution in [-0.2, 0) is 4.79 Å². The molecule has 0 aliphatic heterocycles. The van der Waals surface area contributed by atoms with Gasteiger partial charge in [-0.15, -0.1) is 0 Å². The molecule has 2 rings (SSSR count). The average molecular weight is 320 g/mol. The molecule has 0 fully saturated rings. The molecule has 2 aromatic rings. The lowest BCUT2D eigenvalue weighted by atomic mass is 10.2. The Labute approximate surface area is 119 Å². The van der Waals surface area contributed by atoms with Crippen LogP contribution >= 0.6 is 15.9 Å². The van der Waals surface area contributed by atoms with Gasteiger partial charge in [0.05, 0.1) is 0 Å². The van der Waals surface area contributed by atoms with E-state index >= 15 is 0 Å². The minimum Gasteiger partial charge on any atom is -0.323 e. The summed E-state index contributed by atoms with van der Waals surface area (Å²) in [6, 6.07) is 13.5. The summed E-state index contributed by atoms with van der Waals surface area (Å²) in [5.41, 5.74) is 1.07. The SMILES string of the molecule is O=C(/C=C/c1ccccc1F)Nc1ccc(Br)cc1. The van der Waals surface area contributed by atoms with Gasteiger partial charge >= 0.3 is 0 Å². The van der Waals surface area contributed by atoms with E-state index < -0.39 is 0 Å². The van der Waals surface area contributed by atoms with Crippen LogP contribution in [0.5, 0.6) is 0 Å². The van der Waals surface area contributed by atoms with Gasteiger partial charge in [0.25, 0.3) is 0 Å². The molecule has 4 heteroatoms. The van der Waals surface area contributed by atoms with Gasteiger partial charge in [0.1, 0.15) is 5.82 Å². The lowest BCUT2D eigenvalue weighted by Gasteiger charge is -2.01.